The molecule has 0 aliphatic rings. The molecule has 2 rings (SSSR count). The van der Waals surface area contributed by atoms with Gasteiger partial charge in [0.15, 0.2) is 0 Å². The Morgan fingerprint density at radius 1 is 1.12 bits per heavy atom. The number of rotatable bonds is 5. The minimum Gasteiger partial charge on any atom is -0.324 e. The molecule has 0 aliphatic heterocycles. The summed E-state index contributed by atoms with van der Waals surface area (Å²) in [6, 6.07) is 11.2. The lowest BCUT2D eigenvalue weighted by Crippen LogP contribution is -2.45. The van der Waals surface area contributed by atoms with Crippen LogP contribution in [0.5, 0.6) is 0 Å². The molecule has 0 unspecified atom stereocenters. The summed E-state index contributed by atoms with van der Waals surface area (Å²) in [4.78, 5) is 12.5. The standard InChI is InChI=1S/C17H19FN2O3S/c1-12-6-4-5-7-16(12)19-17(21)13(2)20(24(3,22)23)15-10-8-14(18)9-11-15/h4-11,13H,1-3H3,(H,19,21)/t13-/m0/s1. The van der Waals surface area contributed by atoms with Crippen LogP contribution in [0.4, 0.5) is 15.8 Å². The van der Waals surface area contributed by atoms with Crippen molar-refractivity contribution in [2.45, 2.75) is 19.9 Å². The van der Waals surface area contributed by atoms with Gasteiger partial charge >= 0.3 is 0 Å². The fourth-order valence-electron chi connectivity index (χ4n) is 2.35. The fourth-order valence-corrected chi connectivity index (χ4v) is 3.52. The van der Waals surface area contributed by atoms with E-state index in [0.29, 0.717) is 5.69 Å². The van der Waals surface area contributed by atoms with E-state index in [1.54, 1.807) is 12.1 Å². The summed E-state index contributed by atoms with van der Waals surface area (Å²) in [5, 5.41) is 2.72. The number of hydrogen-bond donors (Lipinski definition) is 1. The average Bonchev–Trinajstić information content (AvgIpc) is 2.50. The monoisotopic (exact) mass is 350 g/mol. The van der Waals surface area contributed by atoms with E-state index in [1.165, 1.54) is 19.1 Å². The Morgan fingerprint density at radius 2 is 1.71 bits per heavy atom. The maximum atomic E-state index is 13.1. The molecule has 0 saturated carbocycles. The smallest absolute Gasteiger partial charge is 0.248 e. The Bertz CT molecular complexity index is 835. The molecule has 2 aromatic carbocycles. The zero-order chi connectivity index (χ0) is 17.9. The van der Waals surface area contributed by atoms with Crippen LogP contribution in [0.1, 0.15) is 12.5 Å². The van der Waals surface area contributed by atoms with Crippen molar-refractivity contribution in [2.75, 3.05) is 15.9 Å². The van der Waals surface area contributed by atoms with E-state index >= 15 is 0 Å². The second kappa shape index (κ2) is 7.00. The number of para-hydroxylation sites is 1. The normalized spacial score (nSPS) is 12.5. The highest BCUT2D eigenvalue weighted by molar-refractivity contribution is 7.92. The summed E-state index contributed by atoms with van der Waals surface area (Å²) >= 11 is 0. The first-order chi connectivity index (χ1) is 11.2. The van der Waals surface area contributed by atoms with Gasteiger partial charge in [0.25, 0.3) is 0 Å². The van der Waals surface area contributed by atoms with Crippen LogP contribution in [0.3, 0.4) is 0 Å². The Balaban J connectivity index is 2.31. The third-order valence-corrected chi connectivity index (χ3v) is 4.81. The van der Waals surface area contributed by atoms with Gasteiger partial charge in [-0.25, -0.2) is 12.8 Å². The van der Waals surface area contributed by atoms with Crippen LogP contribution in [0.2, 0.25) is 0 Å². The fraction of sp³-hybridized carbons (Fsp3) is 0.235. The number of hydrogen-bond acceptors (Lipinski definition) is 3. The quantitative estimate of drug-likeness (QED) is 0.902. The lowest BCUT2D eigenvalue weighted by atomic mass is 10.2. The van der Waals surface area contributed by atoms with Crippen LogP contribution in [0.15, 0.2) is 48.5 Å². The summed E-state index contributed by atoms with van der Waals surface area (Å²) in [7, 11) is -3.73. The van der Waals surface area contributed by atoms with Gasteiger partial charge in [0.2, 0.25) is 15.9 Å². The van der Waals surface area contributed by atoms with Gasteiger partial charge in [-0.2, -0.15) is 0 Å². The van der Waals surface area contributed by atoms with Crippen LogP contribution in [0.25, 0.3) is 0 Å². The van der Waals surface area contributed by atoms with Crippen molar-refractivity contribution >= 4 is 27.3 Å². The molecule has 0 saturated heterocycles. The number of amides is 1. The molecule has 128 valence electrons. The van der Waals surface area contributed by atoms with Crippen molar-refractivity contribution in [2.24, 2.45) is 0 Å². The molecule has 0 fully saturated rings. The van der Waals surface area contributed by atoms with Gasteiger partial charge in [0.1, 0.15) is 11.9 Å². The van der Waals surface area contributed by atoms with E-state index in [9.17, 15) is 17.6 Å². The van der Waals surface area contributed by atoms with Crippen molar-refractivity contribution in [3.05, 3.63) is 59.9 Å². The number of nitrogens with zero attached hydrogens (tertiary/aromatic N) is 1. The SMILES string of the molecule is Cc1ccccc1NC(=O)[C@H](C)N(c1ccc(F)cc1)S(C)(=O)=O. The number of sulfonamides is 1. The summed E-state index contributed by atoms with van der Waals surface area (Å²) in [6.07, 6.45) is 1.01. The lowest BCUT2D eigenvalue weighted by molar-refractivity contribution is -0.116. The van der Waals surface area contributed by atoms with Crippen LogP contribution in [0, 0.1) is 12.7 Å². The first kappa shape index (κ1) is 17.9. The van der Waals surface area contributed by atoms with Crippen molar-refractivity contribution < 1.29 is 17.6 Å². The molecule has 0 aromatic heterocycles. The maximum Gasteiger partial charge on any atom is 0.248 e. The van der Waals surface area contributed by atoms with Crippen LogP contribution >= 0.6 is 0 Å². The summed E-state index contributed by atoms with van der Waals surface area (Å²) < 4.78 is 38.3. The topological polar surface area (TPSA) is 66.5 Å². The second-order valence-corrected chi connectivity index (χ2v) is 7.37. The Morgan fingerprint density at radius 3 is 2.25 bits per heavy atom. The third-order valence-electron chi connectivity index (χ3n) is 3.57. The summed E-state index contributed by atoms with van der Waals surface area (Å²) in [5.41, 5.74) is 1.71. The molecular weight excluding hydrogens is 331 g/mol. The number of aryl methyl sites for hydroxylation is 1. The van der Waals surface area contributed by atoms with Crippen molar-refractivity contribution in [3.8, 4) is 0 Å². The molecule has 1 amide bonds. The molecule has 0 spiro atoms. The van der Waals surface area contributed by atoms with E-state index in [-0.39, 0.29) is 5.69 Å². The summed E-state index contributed by atoms with van der Waals surface area (Å²) in [5.74, 6) is -0.955. The van der Waals surface area contributed by atoms with Gasteiger partial charge in [0.05, 0.1) is 11.9 Å². The van der Waals surface area contributed by atoms with Crippen molar-refractivity contribution in [3.63, 3.8) is 0 Å². The molecule has 0 bridgehead atoms. The average molecular weight is 350 g/mol. The molecular formula is C17H19FN2O3S. The number of benzene rings is 2. The zero-order valence-electron chi connectivity index (χ0n) is 13.7. The predicted molar refractivity (Wildman–Crippen MR) is 93.0 cm³/mol. The minimum atomic E-state index is -3.73. The number of carbonyl (C=O) groups excluding carboxylic acids is 1. The predicted octanol–water partition coefficient (Wildman–Crippen LogP) is 2.93. The first-order valence-electron chi connectivity index (χ1n) is 7.31. The van der Waals surface area contributed by atoms with E-state index in [4.69, 9.17) is 0 Å². The van der Waals surface area contributed by atoms with Gasteiger partial charge < -0.3 is 5.32 Å². The zero-order valence-corrected chi connectivity index (χ0v) is 14.5. The highest BCUT2D eigenvalue weighted by Gasteiger charge is 2.29. The number of halogens is 1. The lowest BCUT2D eigenvalue weighted by Gasteiger charge is -2.28. The van der Waals surface area contributed by atoms with E-state index in [2.05, 4.69) is 5.32 Å². The molecule has 5 nitrogen and oxygen atoms in total. The molecule has 1 atom stereocenters. The van der Waals surface area contributed by atoms with Crippen molar-refractivity contribution in [1.82, 2.24) is 0 Å². The molecule has 1 N–H and O–H groups in total. The molecule has 0 radical (unpaired) electrons. The summed E-state index contributed by atoms with van der Waals surface area (Å²) in [6.45, 7) is 3.33. The Kier molecular flexibility index (Phi) is 5.23. The number of carbonyl (C=O) groups is 1. The highest BCUT2D eigenvalue weighted by atomic mass is 32.2. The minimum absolute atomic E-state index is 0.228. The van der Waals surface area contributed by atoms with Crippen LogP contribution in [-0.4, -0.2) is 26.6 Å². The number of anilines is 2. The highest BCUT2D eigenvalue weighted by Crippen LogP contribution is 2.22. The largest absolute Gasteiger partial charge is 0.324 e. The van der Waals surface area contributed by atoms with Gasteiger partial charge in [0, 0.05) is 5.69 Å². The van der Waals surface area contributed by atoms with Gasteiger partial charge in [-0.05, 0) is 49.7 Å². The second-order valence-electron chi connectivity index (χ2n) is 5.52. The molecule has 7 heteroatoms. The Labute approximate surface area is 141 Å². The van der Waals surface area contributed by atoms with Crippen LogP contribution in [-0.2, 0) is 14.8 Å². The van der Waals surface area contributed by atoms with Crippen molar-refractivity contribution in [1.29, 1.82) is 0 Å². The maximum absolute atomic E-state index is 13.1. The Hall–Kier alpha value is -2.41. The van der Waals surface area contributed by atoms with Crippen LogP contribution < -0.4 is 9.62 Å². The number of nitrogens with one attached hydrogen (secondary N) is 1. The van der Waals surface area contributed by atoms with E-state index in [0.717, 1.165) is 28.3 Å². The molecule has 0 heterocycles. The molecule has 24 heavy (non-hydrogen) atoms. The molecule has 0 aliphatic carbocycles. The third kappa shape index (κ3) is 4.11. The van der Waals surface area contributed by atoms with Gasteiger partial charge in [-0.15, -0.1) is 0 Å². The first-order valence-corrected chi connectivity index (χ1v) is 9.16. The molecule has 2 aromatic rings. The van der Waals surface area contributed by atoms with Gasteiger partial charge in [-0.3, -0.25) is 9.10 Å². The van der Waals surface area contributed by atoms with E-state index < -0.39 is 27.8 Å². The van der Waals surface area contributed by atoms with Gasteiger partial charge in [-0.1, -0.05) is 18.2 Å². The van der Waals surface area contributed by atoms with E-state index in [1.807, 2.05) is 19.1 Å².